The average Bonchev–Trinajstić information content (AvgIpc) is 2.40. The van der Waals surface area contributed by atoms with E-state index in [2.05, 4.69) is 22.3 Å². The Morgan fingerprint density at radius 2 is 2.07 bits per heavy atom. The highest BCUT2D eigenvalue weighted by Gasteiger charge is 2.21. The van der Waals surface area contributed by atoms with Crippen LogP contribution in [0.5, 0.6) is 0 Å². The van der Waals surface area contributed by atoms with Crippen molar-refractivity contribution in [1.29, 1.82) is 0 Å². The van der Waals surface area contributed by atoms with Gasteiger partial charge in [-0.25, -0.2) is 0 Å². The lowest BCUT2D eigenvalue weighted by molar-refractivity contribution is -0.121. The Bertz CT molecular complexity index is 337. The minimum atomic E-state index is 0.121. The van der Waals surface area contributed by atoms with Crippen molar-refractivity contribution < 1.29 is 4.79 Å². The van der Waals surface area contributed by atoms with Crippen LogP contribution in [-0.2, 0) is 4.79 Å². The van der Waals surface area contributed by atoms with Gasteiger partial charge in [-0.15, -0.1) is 0 Å². The molecule has 1 aromatic rings. The topological polar surface area (TPSA) is 32.3 Å². The summed E-state index contributed by atoms with van der Waals surface area (Å²) in [6, 6.07) is 10.7. The van der Waals surface area contributed by atoms with Crippen LogP contribution in [0.4, 0.5) is 0 Å². The quantitative estimate of drug-likeness (QED) is 0.745. The molecule has 2 rings (SSSR count). The van der Waals surface area contributed by atoms with Crippen molar-refractivity contribution in [2.24, 2.45) is 0 Å². The molecule has 3 heteroatoms. The molecule has 3 nitrogen and oxygen atoms in total. The van der Waals surface area contributed by atoms with Crippen molar-refractivity contribution >= 4 is 5.91 Å². The molecule has 1 N–H and O–H groups in total. The maximum absolute atomic E-state index is 11.3. The lowest BCUT2D eigenvalue weighted by Crippen LogP contribution is -2.31. The third-order valence-corrected chi connectivity index (χ3v) is 2.85. The number of nitrogens with zero attached hydrogens (tertiary/aromatic N) is 1. The van der Waals surface area contributed by atoms with Crippen LogP contribution in [-0.4, -0.2) is 30.9 Å². The first-order valence-electron chi connectivity index (χ1n) is 5.29. The second kappa shape index (κ2) is 4.45. The van der Waals surface area contributed by atoms with E-state index in [0.29, 0.717) is 12.6 Å². The first-order chi connectivity index (χ1) is 7.27. The van der Waals surface area contributed by atoms with Crippen LogP contribution in [0.2, 0.25) is 0 Å². The Morgan fingerprint density at radius 1 is 1.33 bits per heavy atom. The van der Waals surface area contributed by atoms with Crippen LogP contribution >= 0.6 is 0 Å². The summed E-state index contributed by atoms with van der Waals surface area (Å²) in [5.74, 6) is 0.121. The van der Waals surface area contributed by atoms with E-state index in [4.69, 9.17) is 0 Å². The van der Waals surface area contributed by atoms with Gasteiger partial charge in [0.25, 0.3) is 0 Å². The molecule has 1 atom stereocenters. The molecule has 0 spiro atoms. The minimum Gasteiger partial charge on any atom is -0.355 e. The van der Waals surface area contributed by atoms with Crippen molar-refractivity contribution in [3.63, 3.8) is 0 Å². The zero-order valence-electron chi connectivity index (χ0n) is 8.94. The Hall–Kier alpha value is -1.35. The van der Waals surface area contributed by atoms with Crippen molar-refractivity contribution in [3.05, 3.63) is 35.9 Å². The molecular weight excluding hydrogens is 188 g/mol. The number of rotatable bonds is 1. The lowest BCUT2D eigenvalue weighted by atomic mass is 10.0. The summed E-state index contributed by atoms with van der Waals surface area (Å²) in [5, 5.41) is 2.89. The van der Waals surface area contributed by atoms with E-state index in [-0.39, 0.29) is 5.91 Å². The molecule has 1 aromatic carbocycles. The fraction of sp³-hybridized carbons (Fsp3) is 0.417. The number of carbonyl (C=O) groups excluding carboxylic acids is 1. The second-order valence-corrected chi connectivity index (χ2v) is 3.98. The normalized spacial score (nSPS) is 23.3. The molecule has 1 aliphatic rings. The number of hydrogen-bond acceptors (Lipinski definition) is 2. The van der Waals surface area contributed by atoms with Crippen LogP contribution in [0.15, 0.2) is 30.3 Å². The largest absolute Gasteiger partial charge is 0.355 e. The predicted molar refractivity (Wildman–Crippen MR) is 59.4 cm³/mol. The lowest BCUT2D eigenvalue weighted by Gasteiger charge is -2.24. The Balaban J connectivity index is 2.17. The highest BCUT2D eigenvalue weighted by atomic mass is 16.2. The van der Waals surface area contributed by atoms with E-state index in [1.54, 1.807) is 0 Å². The number of carbonyl (C=O) groups is 1. The molecule has 0 aromatic heterocycles. The highest BCUT2D eigenvalue weighted by Crippen LogP contribution is 2.23. The van der Waals surface area contributed by atoms with Crippen molar-refractivity contribution in [3.8, 4) is 0 Å². The monoisotopic (exact) mass is 204 g/mol. The van der Waals surface area contributed by atoms with Gasteiger partial charge in [0.2, 0.25) is 5.91 Å². The van der Waals surface area contributed by atoms with Crippen LogP contribution in [0.1, 0.15) is 18.0 Å². The third-order valence-electron chi connectivity index (χ3n) is 2.85. The number of amides is 1. The van der Waals surface area contributed by atoms with Crippen molar-refractivity contribution in [2.45, 2.75) is 12.5 Å². The van der Waals surface area contributed by atoms with Gasteiger partial charge in [-0.3, -0.25) is 9.69 Å². The molecular formula is C12H16N2O. The standard InChI is InChI=1S/C12H16N2O/c1-14-9-12(15)13-8-7-11(14)10-5-3-2-4-6-10/h2-6,11H,7-9H2,1H3,(H,13,15)/t11-/m1/s1. The summed E-state index contributed by atoms with van der Waals surface area (Å²) in [4.78, 5) is 13.4. The molecule has 0 aliphatic carbocycles. The number of nitrogens with one attached hydrogen (secondary N) is 1. The predicted octanol–water partition coefficient (Wildman–Crippen LogP) is 1.18. The number of benzene rings is 1. The fourth-order valence-corrected chi connectivity index (χ4v) is 2.06. The molecule has 0 unspecified atom stereocenters. The van der Waals surface area contributed by atoms with Gasteiger partial charge in [-0.05, 0) is 19.0 Å². The van der Waals surface area contributed by atoms with Crippen LogP contribution < -0.4 is 5.32 Å². The van der Waals surface area contributed by atoms with E-state index >= 15 is 0 Å². The van der Waals surface area contributed by atoms with E-state index in [9.17, 15) is 4.79 Å². The molecule has 1 saturated heterocycles. The maximum atomic E-state index is 11.3. The molecule has 80 valence electrons. The average molecular weight is 204 g/mol. The van der Waals surface area contributed by atoms with E-state index in [0.717, 1.165) is 13.0 Å². The SMILES string of the molecule is CN1CC(=O)NCC[C@@H]1c1ccccc1. The molecule has 1 heterocycles. The number of hydrogen-bond donors (Lipinski definition) is 1. The van der Waals surface area contributed by atoms with E-state index in [1.165, 1.54) is 5.56 Å². The third kappa shape index (κ3) is 2.36. The Kier molecular flexibility index (Phi) is 3.02. The first kappa shape index (κ1) is 10.2. The summed E-state index contributed by atoms with van der Waals surface area (Å²) in [5.41, 5.74) is 1.29. The van der Waals surface area contributed by atoms with Crippen LogP contribution in [0.25, 0.3) is 0 Å². The first-order valence-corrected chi connectivity index (χ1v) is 5.29. The van der Waals surface area contributed by atoms with Gasteiger partial charge in [0, 0.05) is 12.6 Å². The molecule has 15 heavy (non-hydrogen) atoms. The van der Waals surface area contributed by atoms with Crippen molar-refractivity contribution in [1.82, 2.24) is 10.2 Å². The second-order valence-electron chi connectivity index (χ2n) is 3.98. The molecule has 1 aliphatic heterocycles. The molecule has 0 radical (unpaired) electrons. The fourth-order valence-electron chi connectivity index (χ4n) is 2.06. The zero-order chi connectivity index (χ0) is 10.7. The smallest absolute Gasteiger partial charge is 0.234 e. The Labute approximate surface area is 90.1 Å². The molecule has 1 amide bonds. The summed E-state index contributed by atoms with van der Waals surface area (Å²) in [6.07, 6.45) is 0.978. The van der Waals surface area contributed by atoms with Gasteiger partial charge >= 0.3 is 0 Å². The number of likely N-dealkylation sites (N-methyl/N-ethyl adjacent to an activating group) is 1. The zero-order valence-corrected chi connectivity index (χ0v) is 8.94. The van der Waals surface area contributed by atoms with Crippen molar-refractivity contribution in [2.75, 3.05) is 20.1 Å². The summed E-state index contributed by atoms with van der Waals surface area (Å²) in [7, 11) is 2.00. The van der Waals surface area contributed by atoms with Crippen LogP contribution in [0.3, 0.4) is 0 Å². The van der Waals surface area contributed by atoms with Gasteiger partial charge < -0.3 is 5.32 Å². The molecule has 0 saturated carbocycles. The Morgan fingerprint density at radius 3 is 2.80 bits per heavy atom. The van der Waals surface area contributed by atoms with Crippen LogP contribution in [0, 0.1) is 0 Å². The summed E-state index contributed by atoms with van der Waals surface area (Å²) < 4.78 is 0. The van der Waals surface area contributed by atoms with E-state index < -0.39 is 0 Å². The van der Waals surface area contributed by atoms with Gasteiger partial charge in [0.15, 0.2) is 0 Å². The maximum Gasteiger partial charge on any atom is 0.234 e. The molecule has 1 fully saturated rings. The van der Waals surface area contributed by atoms with Gasteiger partial charge in [0.05, 0.1) is 6.54 Å². The van der Waals surface area contributed by atoms with Gasteiger partial charge in [-0.1, -0.05) is 30.3 Å². The van der Waals surface area contributed by atoms with Gasteiger partial charge in [0.1, 0.15) is 0 Å². The summed E-state index contributed by atoms with van der Waals surface area (Å²) >= 11 is 0. The van der Waals surface area contributed by atoms with E-state index in [1.807, 2.05) is 25.2 Å². The highest BCUT2D eigenvalue weighted by molar-refractivity contribution is 5.78. The summed E-state index contributed by atoms with van der Waals surface area (Å²) in [6.45, 7) is 1.25. The van der Waals surface area contributed by atoms with Gasteiger partial charge in [-0.2, -0.15) is 0 Å². The minimum absolute atomic E-state index is 0.121. The molecule has 0 bridgehead atoms.